The maximum absolute atomic E-state index is 13.0. The summed E-state index contributed by atoms with van der Waals surface area (Å²) in [6.45, 7) is 6.55. The zero-order valence-corrected chi connectivity index (χ0v) is 12.2. The Kier molecular flexibility index (Phi) is 5.62. The van der Waals surface area contributed by atoms with Gasteiger partial charge in [0, 0.05) is 13.1 Å². The lowest BCUT2D eigenvalue weighted by Gasteiger charge is -2.24. The average Bonchev–Trinajstić information content (AvgIpc) is 2.36. The van der Waals surface area contributed by atoms with Crippen molar-refractivity contribution in [1.29, 1.82) is 0 Å². The maximum atomic E-state index is 13.0. The van der Waals surface area contributed by atoms with E-state index in [1.165, 1.54) is 6.07 Å². The van der Waals surface area contributed by atoms with Crippen molar-refractivity contribution in [2.45, 2.75) is 33.7 Å². The highest BCUT2D eigenvalue weighted by molar-refractivity contribution is 5.78. The number of hydrogen-bond donors (Lipinski definition) is 2. The number of nitrogens with two attached hydrogens (primary N) is 1. The molecular formula is C15H22F2N2O. The monoisotopic (exact) mass is 284 g/mol. The van der Waals surface area contributed by atoms with E-state index in [-0.39, 0.29) is 30.3 Å². The van der Waals surface area contributed by atoms with Gasteiger partial charge < -0.3 is 11.1 Å². The molecule has 1 unspecified atom stereocenters. The Bertz CT molecular complexity index is 469. The van der Waals surface area contributed by atoms with Gasteiger partial charge in [0.15, 0.2) is 11.6 Å². The molecule has 0 bridgehead atoms. The lowest BCUT2D eigenvalue weighted by molar-refractivity contribution is -0.125. The van der Waals surface area contributed by atoms with E-state index in [4.69, 9.17) is 5.73 Å². The molecule has 5 heteroatoms. The van der Waals surface area contributed by atoms with E-state index in [1.807, 2.05) is 20.8 Å². The third kappa shape index (κ3) is 5.25. The van der Waals surface area contributed by atoms with Gasteiger partial charge in [0.2, 0.25) is 5.91 Å². The van der Waals surface area contributed by atoms with Gasteiger partial charge in [-0.25, -0.2) is 8.78 Å². The summed E-state index contributed by atoms with van der Waals surface area (Å²) in [5.74, 6) is -2.25. The van der Waals surface area contributed by atoms with Gasteiger partial charge in [-0.1, -0.05) is 26.8 Å². The molecule has 1 aromatic carbocycles. The van der Waals surface area contributed by atoms with Crippen LogP contribution in [0.1, 0.15) is 32.8 Å². The van der Waals surface area contributed by atoms with E-state index < -0.39 is 11.6 Å². The summed E-state index contributed by atoms with van der Waals surface area (Å²) in [6.07, 6.45) is 0.674. The van der Waals surface area contributed by atoms with Crippen LogP contribution in [0.2, 0.25) is 0 Å². The Labute approximate surface area is 118 Å². The van der Waals surface area contributed by atoms with Crippen LogP contribution in [0, 0.1) is 23.0 Å². The fraction of sp³-hybridized carbons (Fsp3) is 0.533. The fourth-order valence-electron chi connectivity index (χ4n) is 2.01. The molecule has 20 heavy (non-hydrogen) atoms. The third-order valence-corrected chi connectivity index (χ3v) is 2.96. The van der Waals surface area contributed by atoms with Crippen LogP contribution in [0.15, 0.2) is 18.2 Å². The number of carbonyl (C=O) groups is 1. The van der Waals surface area contributed by atoms with E-state index in [0.717, 1.165) is 12.1 Å². The van der Waals surface area contributed by atoms with E-state index >= 15 is 0 Å². The van der Waals surface area contributed by atoms with Gasteiger partial charge in [-0.2, -0.15) is 0 Å². The minimum absolute atomic E-state index is 0.00333. The van der Waals surface area contributed by atoms with Crippen molar-refractivity contribution in [3.8, 4) is 0 Å². The molecule has 0 saturated carbocycles. The number of nitrogens with one attached hydrogen (secondary N) is 1. The van der Waals surface area contributed by atoms with Crippen LogP contribution >= 0.6 is 0 Å². The number of amides is 1. The van der Waals surface area contributed by atoms with Gasteiger partial charge >= 0.3 is 0 Å². The van der Waals surface area contributed by atoms with Gasteiger partial charge in [-0.15, -0.1) is 0 Å². The molecule has 0 heterocycles. The Balaban J connectivity index is 2.59. The average molecular weight is 284 g/mol. The SMILES string of the molecule is CC(C)(C)CC(CN)C(=O)NCc1ccc(F)c(F)c1. The second-order valence-electron chi connectivity index (χ2n) is 6.16. The Morgan fingerprint density at radius 3 is 2.45 bits per heavy atom. The number of halogens is 2. The molecule has 112 valence electrons. The van der Waals surface area contributed by atoms with Crippen LogP contribution in [0.5, 0.6) is 0 Å². The van der Waals surface area contributed by atoms with Crippen LogP contribution in [0.25, 0.3) is 0 Å². The quantitative estimate of drug-likeness (QED) is 0.873. The van der Waals surface area contributed by atoms with Gasteiger partial charge in [0.25, 0.3) is 0 Å². The van der Waals surface area contributed by atoms with Crippen LogP contribution < -0.4 is 11.1 Å². The second-order valence-corrected chi connectivity index (χ2v) is 6.16. The third-order valence-electron chi connectivity index (χ3n) is 2.96. The Morgan fingerprint density at radius 1 is 1.30 bits per heavy atom. The van der Waals surface area contributed by atoms with Gasteiger partial charge in [-0.3, -0.25) is 4.79 Å². The first-order valence-electron chi connectivity index (χ1n) is 6.64. The molecule has 1 rings (SSSR count). The second kappa shape index (κ2) is 6.79. The molecule has 0 aliphatic carbocycles. The summed E-state index contributed by atoms with van der Waals surface area (Å²) in [5.41, 5.74) is 6.14. The van der Waals surface area contributed by atoms with E-state index in [0.29, 0.717) is 12.0 Å². The van der Waals surface area contributed by atoms with Gasteiger partial charge in [0.05, 0.1) is 5.92 Å². The Hall–Kier alpha value is -1.49. The van der Waals surface area contributed by atoms with Crippen LogP contribution in [-0.2, 0) is 11.3 Å². The fourth-order valence-corrected chi connectivity index (χ4v) is 2.01. The molecule has 3 nitrogen and oxygen atoms in total. The normalized spacial score (nSPS) is 13.1. The van der Waals surface area contributed by atoms with Gasteiger partial charge in [0.1, 0.15) is 0 Å². The van der Waals surface area contributed by atoms with Crippen molar-refractivity contribution in [3.05, 3.63) is 35.4 Å². The lowest BCUT2D eigenvalue weighted by atomic mass is 9.84. The minimum atomic E-state index is -0.915. The summed E-state index contributed by atoms with van der Waals surface area (Å²) in [6, 6.07) is 3.57. The molecule has 1 atom stereocenters. The smallest absolute Gasteiger partial charge is 0.224 e. The minimum Gasteiger partial charge on any atom is -0.352 e. The topological polar surface area (TPSA) is 55.1 Å². The largest absolute Gasteiger partial charge is 0.352 e. The molecule has 0 spiro atoms. The van der Waals surface area contributed by atoms with Crippen molar-refractivity contribution in [2.75, 3.05) is 6.54 Å². The number of carbonyl (C=O) groups excluding carboxylic acids is 1. The summed E-state index contributed by atoms with van der Waals surface area (Å²) >= 11 is 0. The molecule has 1 aromatic rings. The highest BCUT2D eigenvalue weighted by atomic mass is 19.2. The number of benzene rings is 1. The molecule has 0 fully saturated rings. The van der Waals surface area contributed by atoms with E-state index in [1.54, 1.807) is 0 Å². The molecule has 0 saturated heterocycles. The van der Waals surface area contributed by atoms with Crippen LogP contribution in [0.3, 0.4) is 0 Å². The van der Waals surface area contributed by atoms with Crippen molar-refractivity contribution < 1.29 is 13.6 Å². The lowest BCUT2D eigenvalue weighted by Crippen LogP contribution is -2.36. The first kappa shape index (κ1) is 16.6. The Morgan fingerprint density at radius 2 is 1.95 bits per heavy atom. The van der Waals surface area contributed by atoms with Gasteiger partial charge in [-0.05, 0) is 29.5 Å². The van der Waals surface area contributed by atoms with Crippen LogP contribution in [0.4, 0.5) is 8.78 Å². The standard InChI is InChI=1S/C15H22F2N2O/c1-15(2,3)7-11(8-18)14(20)19-9-10-4-5-12(16)13(17)6-10/h4-6,11H,7-9,18H2,1-3H3,(H,19,20). The molecule has 1 amide bonds. The van der Waals surface area contributed by atoms with E-state index in [2.05, 4.69) is 5.32 Å². The van der Waals surface area contributed by atoms with Crippen molar-refractivity contribution in [2.24, 2.45) is 17.1 Å². The molecule has 0 radical (unpaired) electrons. The summed E-state index contributed by atoms with van der Waals surface area (Å²) in [7, 11) is 0. The predicted octanol–water partition coefficient (Wildman–Crippen LogP) is 2.59. The molecule has 0 aromatic heterocycles. The summed E-state index contributed by atoms with van der Waals surface area (Å²) < 4.78 is 25.8. The maximum Gasteiger partial charge on any atom is 0.224 e. The summed E-state index contributed by atoms with van der Waals surface area (Å²) in [4.78, 5) is 12.0. The number of hydrogen-bond acceptors (Lipinski definition) is 2. The predicted molar refractivity (Wildman–Crippen MR) is 74.8 cm³/mol. The highest BCUT2D eigenvalue weighted by Crippen LogP contribution is 2.24. The molecule has 0 aliphatic heterocycles. The van der Waals surface area contributed by atoms with Crippen molar-refractivity contribution in [3.63, 3.8) is 0 Å². The first-order valence-corrected chi connectivity index (χ1v) is 6.64. The molecule has 0 aliphatic rings. The zero-order chi connectivity index (χ0) is 15.3. The number of rotatable bonds is 5. The summed E-state index contributed by atoms with van der Waals surface area (Å²) in [5, 5.41) is 2.71. The molecular weight excluding hydrogens is 262 g/mol. The molecule has 3 N–H and O–H groups in total. The first-order chi connectivity index (χ1) is 9.23. The van der Waals surface area contributed by atoms with E-state index in [9.17, 15) is 13.6 Å². The zero-order valence-electron chi connectivity index (χ0n) is 12.2. The van der Waals surface area contributed by atoms with Crippen molar-refractivity contribution >= 4 is 5.91 Å². The highest BCUT2D eigenvalue weighted by Gasteiger charge is 2.23. The van der Waals surface area contributed by atoms with Crippen LogP contribution in [-0.4, -0.2) is 12.5 Å². The van der Waals surface area contributed by atoms with Crippen molar-refractivity contribution in [1.82, 2.24) is 5.32 Å².